The SMILES string of the molecule is O=C1CCC(Cn2ccnc2-c2cnc(N3CCCC3)s2)N1. The average molecular weight is 317 g/mol. The highest BCUT2D eigenvalue weighted by atomic mass is 32.1. The first kappa shape index (κ1) is 13.8. The molecule has 1 unspecified atom stereocenters. The second kappa shape index (κ2) is 5.72. The van der Waals surface area contributed by atoms with Gasteiger partial charge in [-0.1, -0.05) is 11.3 Å². The van der Waals surface area contributed by atoms with Crippen LogP contribution in [0.15, 0.2) is 18.6 Å². The molecule has 1 atom stereocenters. The molecule has 2 aromatic heterocycles. The predicted molar refractivity (Wildman–Crippen MR) is 85.9 cm³/mol. The number of rotatable bonds is 4. The Hall–Kier alpha value is -1.89. The molecular weight excluding hydrogens is 298 g/mol. The summed E-state index contributed by atoms with van der Waals surface area (Å²) < 4.78 is 2.12. The van der Waals surface area contributed by atoms with Crippen LogP contribution in [0.3, 0.4) is 0 Å². The first-order chi connectivity index (χ1) is 10.8. The molecule has 2 aromatic rings. The van der Waals surface area contributed by atoms with Crippen molar-refractivity contribution in [2.45, 2.75) is 38.3 Å². The van der Waals surface area contributed by atoms with Crippen LogP contribution in [0.2, 0.25) is 0 Å². The van der Waals surface area contributed by atoms with Crippen LogP contribution in [-0.4, -0.2) is 39.6 Å². The molecule has 4 rings (SSSR count). The molecule has 116 valence electrons. The number of carbonyl (C=O) groups excluding carboxylic acids is 1. The smallest absolute Gasteiger partial charge is 0.220 e. The zero-order chi connectivity index (χ0) is 14.9. The molecule has 6 nitrogen and oxygen atoms in total. The van der Waals surface area contributed by atoms with Crippen molar-refractivity contribution in [2.75, 3.05) is 18.0 Å². The van der Waals surface area contributed by atoms with Gasteiger partial charge < -0.3 is 14.8 Å². The van der Waals surface area contributed by atoms with Gasteiger partial charge in [0.25, 0.3) is 0 Å². The van der Waals surface area contributed by atoms with E-state index in [-0.39, 0.29) is 11.9 Å². The molecule has 0 spiro atoms. The van der Waals surface area contributed by atoms with E-state index in [1.165, 1.54) is 12.8 Å². The van der Waals surface area contributed by atoms with E-state index in [2.05, 4.69) is 24.8 Å². The van der Waals surface area contributed by atoms with Gasteiger partial charge in [-0.2, -0.15) is 0 Å². The minimum absolute atomic E-state index is 0.153. The Morgan fingerprint density at radius 2 is 2.18 bits per heavy atom. The van der Waals surface area contributed by atoms with Gasteiger partial charge in [-0.05, 0) is 19.3 Å². The molecule has 1 N–H and O–H groups in total. The van der Waals surface area contributed by atoms with Crippen LogP contribution in [0, 0.1) is 0 Å². The van der Waals surface area contributed by atoms with Crippen LogP contribution in [0.4, 0.5) is 5.13 Å². The average Bonchev–Trinajstić information content (AvgIpc) is 3.26. The Morgan fingerprint density at radius 1 is 1.32 bits per heavy atom. The Kier molecular flexibility index (Phi) is 3.57. The number of anilines is 1. The van der Waals surface area contributed by atoms with E-state index >= 15 is 0 Å². The highest BCUT2D eigenvalue weighted by Gasteiger charge is 2.23. The van der Waals surface area contributed by atoms with Crippen LogP contribution in [0.25, 0.3) is 10.7 Å². The van der Waals surface area contributed by atoms with Gasteiger partial charge in [0.05, 0.1) is 11.1 Å². The minimum atomic E-state index is 0.153. The molecule has 2 aliphatic rings. The monoisotopic (exact) mass is 317 g/mol. The van der Waals surface area contributed by atoms with E-state index in [1.807, 2.05) is 18.6 Å². The van der Waals surface area contributed by atoms with Crippen molar-refractivity contribution >= 4 is 22.4 Å². The summed E-state index contributed by atoms with van der Waals surface area (Å²) in [5.41, 5.74) is 0. The van der Waals surface area contributed by atoms with E-state index in [0.717, 1.165) is 41.9 Å². The van der Waals surface area contributed by atoms with Crippen molar-refractivity contribution < 1.29 is 4.79 Å². The lowest BCUT2D eigenvalue weighted by Gasteiger charge is -2.13. The summed E-state index contributed by atoms with van der Waals surface area (Å²) >= 11 is 1.70. The first-order valence-corrected chi connectivity index (χ1v) is 8.63. The molecule has 22 heavy (non-hydrogen) atoms. The third kappa shape index (κ3) is 2.61. The van der Waals surface area contributed by atoms with Crippen molar-refractivity contribution in [3.8, 4) is 10.7 Å². The molecule has 0 aliphatic carbocycles. The molecule has 2 fully saturated rings. The normalized spacial score (nSPS) is 21.5. The van der Waals surface area contributed by atoms with Crippen molar-refractivity contribution in [1.29, 1.82) is 0 Å². The second-order valence-electron chi connectivity index (χ2n) is 5.91. The number of hydrogen-bond donors (Lipinski definition) is 1. The molecule has 2 saturated heterocycles. The topological polar surface area (TPSA) is 63.1 Å². The van der Waals surface area contributed by atoms with Gasteiger partial charge in [0.1, 0.15) is 0 Å². The van der Waals surface area contributed by atoms with E-state index in [4.69, 9.17) is 0 Å². The van der Waals surface area contributed by atoms with Crippen LogP contribution < -0.4 is 10.2 Å². The summed E-state index contributed by atoms with van der Waals surface area (Å²) in [5.74, 6) is 1.10. The Bertz CT molecular complexity index is 673. The number of nitrogens with zero attached hydrogens (tertiary/aromatic N) is 4. The molecule has 1 amide bonds. The maximum Gasteiger partial charge on any atom is 0.220 e. The van der Waals surface area contributed by atoms with Gasteiger partial charge in [-0.25, -0.2) is 9.97 Å². The molecule has 2 aliphatic heterocycles. The zero-order valence-electron chi connectivity index (χ0n) is 12.4. The van der Waals surface area contributed by atoms with Gasteiger partial charge in [0.2, 0.25) is 5.91 Å². The number of thiazole rings is 1. The fourth-order valence-corrected chi connectivity index (χ4v) is 4.14. The minimum Gasteiger partial charge on any atom is -0.352 e. The van der Waals surface area contributed by atoms with E-state index in [0.29, 0.717) is 6.42 Å². The summed E-state index contributed by atoms with van der Waals surface area (Å²) in [6, 6.07) is 0.214. The summed E-state index contributed by atoms with van der Waals surface area (Å²) in [6.07, 6.45) is 9.77. The number of nitrogens with one attached hydrogen (secondary N) is 1. The Labute approximate surface area is 133 Å². The van der Waals surface area contributed by atoms with E-state index < -0.39 is 0 Å². The maximum absolute atomic E-state index is 11.3. The van der Waals surface area contributed by atoms with Gasteiger partial charge in [-0.15, -0.1) is 0 Å². The second-order valence-corrected chi connectivity index (χ2v) is 6.92. The summed E-state index contributed by atoms with van der Waals surface area (Å²) in [5, 5.41) is 4.11. The van der Waals surface area contributed by atoms with E-state index in [9.17, 15) is 4.79 Å². The zero-order valence-corrected chi connectivity index (χ0v) is 13.2. The van der Waals surface area contributed by atoms with Crippen molar-refractivity contribution in [1.82, 2.24) is 19.9 Å². The van der Waals surface area contributed by atoms with Crippen molar-refractivity contribution in [3.63, 3.8) is 0 Å². The number of imidazole rings is 1. The number of amides is 1. The Balaban J connectivity index is 1.53. The Morgan fingerprint density at radius 3 is 2.95 bits per heavy atom. The first-order valence-electron chi connectivity index (χ1n) is 7.81. The molecule has 0 saturated carbocycles. The van der Waals surface area contributed by atoms with Crippen molar-refractivity contribution in [2.24, 2.45) is 0 Å². The molecule has 7 heteroatoms. The third-order valence-corrected chi connectivity index (χ3v) is 5.36. The van der Waals surface area contributed by atoms with Crippen LogP contribution in [0.5, 0.6) is 0 Å². The predicted octanol–water partition coefficient (Wildman–Crippen LogP) is 1.89. The lowest BCUT2D eigenvalue weighted by molar-refractivity contribution is -0.119. The molecular formula is C15H19N5OS. The quantitative estimate of drug-likeness (QED) is 0.935. The van der Waals surface area contributed by atoms with Crippen molar-refractivity contribution in [3.05, 3.63) is 18.6 Å². The van der Waals surface area contributed by atoms with Crippen LogP contribution in [-0.2, 0) is 11.3 Å². The van der Waals surface area contributed by atoms with Gasteiger partial charge in [0, 0.05) is 44.5 Å². The van der Waals surface area contributed by atoms with Gasteiger partial charge in [-0.3, -0.25) is 4.79 Å². The highest BCUT2D eigenvalue weighted by molar-refractivity contribution is 7.18. The lowest BCUT2D eigenvalue weighted by atomic mass is 10.2. The number of carbonyl (C=O) groups is 1. The largest absolute Gasteiger partial charge is 0.352 e. The number of aromatic nitrogens is 3. The standard InChI is InChI=1S/C15H19N5OS/c21-13-4-3-11(18-13)10-20-8-5-16-14(20)12-9-17-15(22-12)19-6-1-2-7-19/h5,8-9,11H,1-4,6-7,10H2,(H,18,21). The maximum atomic E-state index is 11.3. The fourth-order valence-electron chi connectivity index (χ4n) is 3.16. The summed E-state index contributed by atoms with van der Waals surface area (Å²) in [7, 11) is 0. The number of hydrogen-bond acceptors (Lipinski definition) is 5. The molecule has 0 radical (unpaired) electrons. The van der Waals surface area contributed by atoms with Crippen LogP contribution >= 0.6 is 11.3 Å². The summed E-state index contributed by atoms with van der Waals surface area (Å²) in [6.45, 7) is 2.99. The van der Waals surface area contributed by atoms with Gasteiger partial charge >= 0.3 is 0 Å². The molecule has 0 aromatic carbocycles. The summed E-state index contributed by atoms with van der Waals surface area (Å²) in [4.78, 5) is 23.8. The fraction of sp³-hybridized carbons (Fsp3) is 0.533. The highest BCUT2D eigenvalue weighted by Crippen LogP contribution is 2.32. The third-order valence-electron chi connectivity index (χ3n) is 4.31. The lowest BCUT2D eigenvalue weighted by Crippen LogP contribution is -2.29. The van der Waals surface area contributed by atoms with Gasteiger partial charge in [0.15, 0.2) is 11.0 Å². The molecule has 0 bridgehead atoms. The van der Waals surface area contributed by atoms with Crippen LogP contribution in [0.1, 0.15) is 25.7 Å². The molecule has 4 heterocycles. The van der Waals surface area contributed by atoms with E-state index in [1.54, 1.807) is 11.3 Å².